The van der Waals surface area contributed by atoms with Gasteiger partial charge in [-0.2, -0.15) is 26.3 Å². The van der Waals surface area contributed by atoms with E-state index in [4.69, 9.17) is 11.6 Å². The van der Waals surface area contributed by atoms with E-state index in [0.29, 0.717) is 0 Å². The van der Waals surface area contributed by atoms with Crippen LogP contribution in [0.25, 0.3) is 0 Å². The second kappa shape index (κ2) is 8.44. The van der Waals surface area contributed by atoms with Crippen molar-refractivity contribution in [2.45, 2.75) is 29.7 Å². The zero-order chi connectivity index (χ0) is 22.9. The van der Waals surface area contributed by atoms with E-state index in [1.54, 1.807) is 4.72 Å². The molecule has 0 aliphatic carbocycles. The summed E-state index contributed by atoms with van der Waals surface area (Å²) in [5.74, 6) is -1.73. The summed E-state index contributed by atoms with van der Waals surface area (Å²) in [4.78, 5) is 9.65. The molecule has 0 saturated heterocycles. The van der Waals surface area contributed by atoms with Gasteiger partial charge in [0.1, 0.15) is 0 Å². The average molecular weight is 475 g/mol. The van der Waals surface area contributed by atoms with Crippen LogP contribution < -0.4 is 9.83 Å². The Hall–Kier alpha value is -2.31. The fraction of sp³-hybridized carbons (Fsp3) is 0.235. The molecule has 0 fully saturated rings. The van der Waals surface area contributed by atoms with Gasteiger partial charge in [0.2, 0.25) is 10.0 Å². The number of carbonyl (C=O) groups is 1. The SMILES string of the molecule is O=C([O-])C[C@@H](NS(=O)(=O)c1cc(C(F)(F)F)cc(C(F)(F)F)c1)c1ccccc1Cl. The lowest BCUT2D eigenvalue weighted by molar-refractivity contribution is -0.306. The van der Waals surface area contributed by atoms with Gasteiger partial charge in [-0.25, -0.2) is 13.1 Å². The van der Waals surface area contributed by atoms with Crippen molar-refractivity contribution in [1.82, 2.24) is 4.72 Å². The van der Waals surface area contributed by atoms with E-state index in [0.717, 1.165) is 0 Å². The summed E-state index contributed by atoms with van der Waals surface area (Å²) < 4.78 is 105. The summed E-state index contributed by atoms with van der Waals surface area (Å²) in [6.45, 7) is 0. The third kappa shape index (κ3) is 5.86. The van der Waals surface area contributed by atoms with Gasteiger partial charge in [0.15, 0.2) is 0 Å². The Labute approximate surface area is 171 Å². The maximum Gasteiger partial charge on any atom is 0.416 e. The smallest absolute Gasteiger partial charge is 0.416 e. The lowest BCUT2D eigenvalue weighted by atomic mass is 10.1. The Morgan fingerprint density at radius 1 is 1.00 bits per heavy atom. The van der Waals surface area contributed by atoms with Crippen molar-refractivity contribution in [3.8, 4) is 0 Å². The highest BCUT2D eigenvalue weighted by atomic mass is 35.5. The molecule has 0 amide bonds. The van der Waals surface area contributed by atoms with Gasteiger partial charge in [0.05, 0.1) is 22.1 Å². The second-order valence-corrected chi connectivity index (χ2v) is 8.13. The first-order chi connectivity index (χ1) is 13.6. The molecule has 1 N–H and O–H groups in total. The summed E-state index contributed by atoms with van der Waals surface area (Å²) in [6.07, 6.45) is -11.5. The average Bonchev–Trinajstić information content (AvgIpc) is 2.59. The van der Waals surface area contributed by atoms with E-state index in [1.807, 2.05) is 0 Å². The molecule has 30 heavy (non-hydrogen) atoms. The molecule has 2 aromatic carbocycles. The van der Waals surface area contributed by atoms with E-state index >= 15 is 0 Å². The van der Waals surface area contributed by atoms with Crippen LogP contribution in [0.5, 0.6) is 0 Å². The van der Waals surface area contributed by atoms with Crippen LogP contribution in [0.2, 0.25) is 5.02 Å². The van der Waals surface area contributed by atoms with Gasteiger partial charge in [0.25, 0.3) is 0 Å². The predicted octanol–water partition coefficient (Wildman–Crippen LogP) is 3.54. The van der Waals surface area contributed by atoms with Crippen molar-refractivity contribution in [2.75, 3.05) is 0 Å². The molecule has 1 atom stereocenters. The number of halogens is 7. The first-order valence-corrected chi connectivity index (χ1v) is 9.73. The Kier molecular flexibility index (Phi) is 6.74. The number of carboxylic acids is 1. The zero-order valence-corrected chi connectivity index (χ0v) is 16.1. The number of carbonyl (C=O) groups excluding carboxylic acids is 1. The highest BCUT2D eigenvalue weighted by Crippen LogP contribution is 2.37. The zero-order valence-electron chi connectivity index (χ0n) is 14.5. The molecule has 164 valence electrons. The van der Waals surface area contributed by atoms with Gasteiger partial charge in [-0.05, 0) is 29.8 Å². The minimum absolute atomic E-state index is 0.0141. The quantitative estimate of drug-likeness (QED) is 0.649. The van der Waals surface area contributed by atoms with E-state index in [2.05, 4.69) is 0 Å². The maximum absolute atomic E-state index is 13.0. The van der Waals surface area contributed by atoms with Crippen molar-refractivity contribution in [1.29, 1.82) is 0 Å². The van der Waals surface area contributed by atoms with Crippen molar-refractivity contribution in [3.05, 3.63) is 64.2 Å². The molecular weight excluding hydrogens is 464 g/mol. The van der Waals surface area contributed by atoms with E-state index in [1.165, 1.54) is 24.3 Å². The number of carboxylic acid groups (broad SMARTS) is 1. The van der Waals surface area contributed by atoms with Crippen LogP contribution in [-0.2, 0) is 27.2 Å². The Morgan fingerprint density at radius 3 is 1.93 bits per heavy atom. The second-order valence-electron chi connectivity index (χ2n) is 6.01. The number of sulfonamides is 1. The molecule has 13 heteroatoms. The number of rotatable bonds is 6. The summed E-state index contributed by atoms with van der Waals surface area (Å²) >= 11 is 5.90. The lowest BCUT2D eigenvalue weighted by Crippen LogP contribution is -2.34. The number of benzene rings is 2. The van der Waals surface area contributed by atoms with Gasteiger partial charge in [0, 0.05) is 17.4 Å². The van der Waals surface area contributed by atoms with Crippen LogP contribution >= 0.6 is 11.6 Å². The number of nitrogens with one attached hydrogen (secondary N) is 1. The van der Waals surface area contributed by atoms with E-state index in [-0.39, 0.29) is 28.8 Å². The van der Waals surface area contributed by atoms with Crippen LogP contribution in [-0.4, -0.2) is 14.4 Å². The molecule has 2 rings (SSSR count). The molecule has 5 nitrogen and oxygen atoms in total. The predicted molar refractivity (Wildman–Crippen MR) is 90.6 cm³/mol. The minimum Gasteiger partial charge on any atom is -0.550 e. The summed E-state index contributed by atoms with van der Waals surface area (Å²) in [7, 11) is -5.04. The van der Waals surface area contributed by atoms with Crippen LogP contribution in [0.15, 0.2) is 47.4 Å². The molecule has 0 aliphatic heterocycles. The van der Waals surface area contributed by atoms with Crippen LogP contribution in [0.4, 0.5) is 26.3 Å². The molecule has 0 unspecified atom stereocenters. The van der Waals surface area contributed by atoms with Gasteiger partial charge >= 0.3 is 12.4 Å². The van der Waals surface area contributed by atoms with E-state index < -0.39 is 56.8 Å². The number of hydrogen-bond acceptors (Lipinski definition) is 4. The standard InChI is InChI=1S/C17H12ClF6NO4S/c18-13-4-2-1-3-12(13)14(8-15(26)27)25-30(28,29)11-6-9(16(19,20)21)5-10(7-11)17(22,23)24/h1-7,14,25H,8H2,(H,26,27)/p-1/t14-/m1/s1. The van der Waals surface area contributed by atoms with Crippen LogP contribution in [0, 0.1) is 0 Å². The van der Waals surface area contributed by atoms with Crippen molar-refractivity contribution in [3.63, 3.8) is 0 Å². The molecule has 0 aromatic heterocycles. The van der Waals surface area contributed by atoms with Gasteiger partial charge < -0.3 is 9.90 Å². The van der Waals surface area contributed by atoms with Crippen molar-refractivity contribution >= 4 is 27.6 Å². The lowest BCUT2D eigenvalue weighted by Gasteiger charge is -2.21. The molecule has 2 aromatic rings. The Bertz CT molecular complexity index is 1020. The molecular formula is C17H11ClF6NO4S-. The summed E-state index contributed by atoms with van der Waals surface area (Å²) in [5.41, 5.74) is -3.74. The third-order valence-corrected chi connectivity index (χ3v) is 5.62. The molecule has 0 radical (unpaired) electrons. The van der Waals surface area contributed by atoms with E-state index in [9.17, 15) is 44.7 Å². The first-order valence-electron chi connectivity index (χ1n) is 7.87. The van der Waals surface area contributed by atoms with Gasteiger partial charge in [-0.15, -0.1) is 0 Å². The van der Waals surface area contributed by atoms with Crippen LogP contribution in [0.3, 0.4) is 0 Å². The Morgan fingerprint density at radius 2 is 1.50 bits per heavy atom. The normalized spacial score (nSPS) is 13.8. The minimum atomic E-state index is -5.27. The number of aliphatic carboxylic acids is 1. The van der Waals surface area contributed by atoms with Gasteiger partial charge in [-0.1, -0.05) is 29.8 Å². The Balaban J connectivity index is 2.58. The highest BCUT2D eigenvalue weighted by Gasteiger charge is 2.38. The monoisotopic (exact) mass is 474 g/mol. The maximum atomic E-state index is 13.0. The van der Waals surface area contributed by atoms with Crippen molar-refractivity contribution < 1.29 is 44.7 Å². The van der Waals surface area contributed by atoms with Crippen LogP contribution in [0.1, 0.15) is 29.2 Å². The number of hydrogen-bond donors (Lipinski definition) is 1. The molecule has 0 aliphatic rings. The number of alkyl halides is 6. The van der Waals surface area contributed by atoms with Gasteiger partial charge in [-0.3, -0.25) is 0 Å². The highest BCUT2D eigenvalue weighted by molar-refractivity contribution is 7.89. The molecule has 0 bridgehead atoms. The fourth-order valence-corrected chi connectivity index (χ4v) is 4.03. The summed E-state index contributed by atoms with van der Waals surface area (Å²) in [6, 6.07) is 3.54. The third-order valence-electron chi connectivity index (χ3n) is 3.82. The molecule has 0 saturated carbocycles. The topological polar surface area (TPSA) is 86.3 Å². The molecule has 0 heterocycles. The molecule has 0 spiro atoms. The fourth-order valence-electron chi connectivity index (χ4n) is 2.48. The largest absolute Gasteiger partial charge is 0.550 e. The van der Waals surface area contributed by atoms with Crippen molar-refractivity contribution in [2.24, 2.45) is 0 Å². The summed E-state index contributed by atoms with van der Waals surface area (Å²) in [5, 5.41) is 10.9. The first kappa shape index (κ1) is 24.0.